The van der Waals surface area contributed by atoms with E-state index in [0.717, 1.165) is 24.7 Å². The molecule has 3 heterocycles. The van der Waals surface area contributed by atoms with Gasteiger partial charge in [-0.1, -0.05) is 20.8 Å². The minimum Gasteiger partial charge on any atom is -0.308 e. The highest BCUT2D eigenvalue weighted by atomic mass is 32.1. The van der Waals surface area contributed by atoms with E-state index in [1.54, 1.807) is 11.3 Å². The zero-order chi connectivity index (χ0) is 13.6. The van der Waals surface area contributed by atoms with Gasteiger partial charge in [-0.2, -0.15) is 11.3 Å². The van der Waals surface area contributed by atoms with Crippen LogP contribution in [0.3, 0.4) is 0 Å². The van der Waals surface area contributed by atoms with Crippen LogP contribution in [0.1, 0.15) is 38.2 Å². The predicted octanol–water partition coefficient (Wildman–Crippen LogP) is 3.01. The summed E-state index contributed by atoms with van der Waals surface area (Å²) in [6.07, 6.45) is 0. The lowest BCUT2D eigenvalue weighted by Crippen LogP contribution is -2.40. The molecule has 1 aliphatic heterocycles. The zero-order valence-electron chi connectivity index (χ0n) is 11.9. The molecule has 0 saturated heterocycles. The van der Waals surface area contributed by atoms with Crippen molar-refractivity contribution in [3.63, 3.8) is 0 Å². The molecule has 0 saturated carbocycles. The standard InChI is InChI=1S/C14H20N4S/c1-9-7-19-8-10(9)12-16-17-13-11(14(2,3)4)15-5-6-18(12)13/h7-8,11,15H,5-6H2,1-4H3. The zero-order valence-corrected chi connectivity index (χ0v) is 12.7. The average molecular weight is 276 g/mol. The molecule has 1 N–H and O–H groups in total. The van der Waals surface area contributed by atoms with Gasteiger partial charge in [0.1, 0.15) is 0 Å². The summed E-state index contributed by atoms with van der Waals surface area (Å²) in [5.74, 6) is 2.09. The first-order valence-electron chi connectivity index (χ1n) is 6.68. The quantitative estimate of drug-likeness (QED) is 0.870. The molecule has 0 amide bonds. The van der Waals surface area contributed by atoms with E-state index in [1.807, 2.05) is 0 Å². The van der Waals surface area contributed by atoms with Crippen molar-refractivity contribution < 1.29 is 0 Å². The van der Waals surface area contributed by atoms with Crippen LogP contribution in [0.4, 0.5) is 0 Å². The molecule has 0 spiro atoms. The molecular weight excluding hydrogens is 256 g/mol. The first kappa shape index (κ1) is 12.8. The molecule has 4 nitrogen and oxygen atoms in total. The molecule has 5 heteroatoms. The van der Waals surface area contributed by atoms with Gasteiger partial charge in [0.2, 0.25) is 0 Å². The Bertz CT molecular complexity index is 591. The van der Waals surface area contributed by atoms with Crippen molar-refractivity contribution in [1.82, 2.24) is 20.1 Å². The number of aromatic nitrogens is 3. The maximum absolute atomic E-state index is 4.46. The predicted molar refractivity (Wildman–Crippen MR) is 78.3 cm³/mol. The summed E-state index contributed by atoms with van der Waals surface area (Å²) in [5, 5.41) is 16.8. The minimum absolute atomic E-state index is 0.145. The van der Waals surface area contributed by atoms with Gasteiger partial charge in [0.25, 0.3) is 0 Å². The van der Waals surface area contributed by atoms with Crippen LogP contribution in [0.25, 0.3) is 11.4 Å². The second kappa shape index (κ2) is 4.42. The summed E-state index contributed by atoms with van der Waals surface area (Å²) in [6.45, 7) is 10.8. The van der Waals surface area contributed by atoms with Gasteiger partial charge < -0.3 is 9.88 Å². The molecule has 102 valence electrons. The molecule has 0 aliphatic carbocycles. The van der Waals surface area contributed by atoms with E-state index in [2.05, 4.69) is 58.5 Å². The fraction of sp³-hybridized carbons (Fsp3) is 0.571. The molecule has 1 aliphatic rings. The summed E-state index contributed by atoms with van der Waals surface area (Å²) in [7, 11) is 0. The van der Waals surface area contributed by atoms with Gasteiger partial charge in [-0.15, -0.1) is 10.2 Å². The van der Waals surface area contributed by atoms with E-state index in [-0.39, 0.29) is 11.5 Å². The third kappa shape index (κ3) is 2.11. The van der Waals surface area contributed by atoms with Crippen molar-refractivity contribution in [2.24, 2.45) is 5.41 Å². The molecule has 19 heavy (non-hydrogen) atoms. The second-order valence-electron chi connectivity index (χ2n) is 6.26. The van der Waals surface area contributed by atoms with Crippen molar-refractivity contribution in [1.29, 1.82) is 0 Å². The summed E-state index contributed by atoms with van der Waals surface area (Å²) >= 11 is 1.72. The largest absolute Gasteiger partial charge is 0.308 e. The van der Waals surface area contributed by atoms with Gasteiger partial charge >= 0.3 is 0 Å². The lowest BCUT2D eigenvalue weighted by molar-refractivity contribution is 0.234. The topological polar surface area (TPSA) is 42.7 Å². The Kier molecular flexibility index (Phi) is 2.98. The van der Waals surface area contributed by atoms with E-state index >= 15 is 0 Å². The maximum Gasteiger partial charge on any atom is 0.165 e. The Hall–Kier alpha value is -1.20. The van der Waals surface area contributed by atoms with Gasteiger partial charge in [0, 0.05) is 24.0 Å². The number of hydrogen-bond acceptors (Lipinski definition) is 4. The highest BCUT2D eigenvalue weighted by Crippen LogP contribution is 2.36. The number of thiophene rings is 1. The van der Waals surface area contributed by atoms with Gasteiger partial charge in [-0.05, 0) is 23.3 Å². The van der Waals surface area contributed by atoms with Crippen LogP contribution < -0.4 is 5.32 Å². The third-order valence-corrected chi connectivity index (χ3v) is 4.55. The first-order valence-corrected chi connectivity index (χ1v) is 7.62. The summed E-state index contributed by atoms with van der Waals surface area (Å²) in [6, 6.07) is 0.265. The third-order valence-electron chi connectivity index (χ3n) is 3.68. The lowest BCUT2D eigenvalue weighted by Gasteiger charge is -2.34. The van der Waals surface area contributed by atoms with Gasteiger partial charge in [-0.3, -0.25) is 0 Å². The van der Waals surface area contributed by atoms with Crippen LogP contribution in [0.5, 0.6) is 0 Å². The van der Waals surface area contributed by atoms with Crippen molar-refractivity contribution >= 4 is 11.3 Å². The fourth-order valence-corrected chi connectivity index (χ4v) is 3.47. The first-order chi connectivity index (χ1) is 8.98. The van der Waals surface area contributed by atoms with E-state index in [9.17, 15) is 0 Å². The Morgan fingerprint density at radius 1 is 1.32 bits per heavy atom. The van der Waals surface area contributed by atoms with Gasteiger partial charge in [0.05, 0.1) is 6.04 Å². The number of aryl methyl sites for hydroxylation is 1. The highest BCUT2D eigenvalue weighted by molar-refractivity contribution is 7.08. The molecule has 1 unspecified atom stereocenters. The van der Waals surface area contributed by atoms with Crippen molar-refractivity contribution in [2.45, 2.75) is 40.3 Å². The Morgan fingerprint density at radius 3 is 2.74 bits per heavy atom. The summed E-state index contributed by atoms with van der Waals surface area (Å²) in [4.78, 5) is 0. The summed E-state index contributed by atoms with van der Waals surface area (Å²) in [5.41, 5.74) is 2.65. The van der Waals surface area contributed by atoms with Crippen LogP contribution >= 0.6 is 11.3 Å². The number of fused-ring (bicyclic) bond motifs is 1. The van der Waals surface area contributed by atoms with Crippen LogP contribution in [-0.4, -0.2) is 21.3 Å². The Morgan fingerprint density at radius 2 is 2.11 bits per heavy atom. The molecule has 1 atom stereocenters. The van der Waals surface area contributed by atoms with Crippen molar-refractivity contribution in [3.8, 4) is 11.4 Å². The number of rotatable bonds is 1. The normalized spacial score (nSPS) is 19.5. The van der Waals surface area contributed by atoms with Crippen LogP contribution in [0, 0.1) is 12.3 Å². The monoisotopic (exact) mass is 276 g/mol. The second-order valence-corrected chi connectivity index (χ2v) is 7.00. The van der Waals surface area contributed by atoms with Crippen LogP contribution in [-0.2, 0) is 6.54 Å². The van der Waals surface area contributed by atoms with E-state index in [1.165, 1.54) is 11.1 Å². The molecule has 0 bridgehead atoms. The van der Waals surface area contributed by atoms with Gasteiger partial charge in [0.15, 0.2) is 11.6 Å². The molecule has 3 rings (SSSR count). The fourth-order valence-electron chi connectivity index (χ4n) is 2.64. The van der Waals surface area contributed by atoms with E-state index < -0.39 is 0 Å². The van der Waals surface area contributed by atoms with Crippen molar-refractivity contribution in [3.05, 3.63) is 22.1 Å². The van der Waals surface area contributed by atoms with Crippen molar-refractivity contribution in [2.75, 3.05) is 6.54 Å². The van der Waals surface area contributed by atoms with Gasteiger partial charge in [-0.25, -0.2) is 0 Å². The lowest BCUT2D eigenvalue weighted by atomic mass is 9.85. The average Bonchev–Trinajstić information content (AvgIpc) is 2.92. The SMILES string of the molecule is Cc1cscc1-c1nnc2n1CCNC2C(C)(C)C. The molecule has 2 aromatic heterocycles. The number of nitrogens with zero attached hydrogens (tertiary/aromatic N) is 3. The molecule has 0 fully saturated rings. The molecular formula is C14H20N4S. The molecule has 0 aromatic carbocycles. The number of hydrogen-bond donors (Lipinski definition) is 1. The number of nitrogens with one attached hydrogen (secondary N) is 1. The Balaban J connectivity index is 2.09. The van der Waals surface area contributed by atoms with Crippen LogP contribution in [0.15, 0.2) is 10.8 Å². The Labute approximate surface area is 117 Å². The summed E-state index contributed by atoms with van der Waals surface area (Å²) < 4.78 is 2.28. The van der Waals surface area contributed by atoms with E-state index in [0.29, 0.717) is 0 Å². The minimum atomic E-state index is 0.145. The molecule has 0 radical (unpaired) electrons. The van der Waals surface area contributed by atoms with E-state index in [4.69, 9.17) is 0 Å². The maximum atomic E-state index is 4.46. The smallest absolute Gasteiger partial charge is 0.165 e. The van der Waals surface area contributed by atoms with Crippen LogP contribution in [0.2, 0.25) is 0 Å². The molecule has 2 aromatic rings. The highest BCUT2D eigenvalue weighted by Gasteiger charge is 2.34.